The van der Waals surface area contributed by atoms with Crippen LogP contribution in [0.1, 0.15) is 17.0 Å². The summed E-state index contributed by atoms with van der Waals surface area (Å²) in [4.78, 5) is 6.94. The van der Waals surface area contributed by atoms with E-state index in [9.17, 15) is 13.2 Å². The van der Waals surface area contributed by atoms with Gasteiger partial charge in [-0.2, -0.15) is 13.2 Å². The molecule has 0 aliphatic carbocycles. The molecular weight excluding hydrogens is 281 g/mol. The summed E-state index contributed by atoms with van der Waals surface area (Å²) in [5, 5.41) is 5.49. The van der Waals surface area contributed by atoms with E-state index in [-0.39, 0.29) is 11.6 Å². The van der Waals surface area contributed by atoms with E-state index in [0.29, 0.717) is 5.69 Å². The predicted molar refractivity (Wildman–Crippen MR) is 75.8 cm³/mol. The number of halogens is 3. The van der Waals surface area contributed by atoms with Crippen LogP contribution in [-0.4, -0.2) is 17.0 Å². The Morgan fingerprint density at radius 3 is 2.24 bits per heavy atom. The number of rotatable bonds is 3. The predicted octanol–water partition coefficient (Wildman–Crippen LogP) is 3.90. The van der Waals surface area contributed by atoms with Gasteiger partial charge < -0.3 is 10.6 Å². The quantitative estimate of drug-likeness (QED) is 0.902. The lowest BCUT2D eigenvalue weighted by Gasteiger charge is -2.13. The normalized spacial score (nSPS) is 11.3. The Hall–Kier alpha value is -2.31. The van der Waals surface area contributed by atoms with Crippen LogP contribution < -0.4 is 10.6 Å². The van der Waals surface area contributed by atoms with Crippen LogP contribution in [0.5, 0.6) is 0 Å². The minimum atomic E-state index is -4.59. The maximum Gasteiger partial charge on any atom is 0.451 e. The van der Waals surface area contributed by atoms with Crippen molar-refractivity contribution in [3.05, 3.63) is 41.2 Å². The number of hydrogen-bond acceptors (Lipinski definition) is 4. The van der Waals surface area contributed by atoms with Gasteiger partial charge in [0, 0.05) is 18.8 Å². The molecule has 2 N–H and O–H groups in total. The molecule has 21 heavy (non-hydrogen) atoms. The maximum absolute atomic E-state index is 12.8. The smallest absolute Gasteiger partial charge is 0.373 e. The monoisotopic (exact) mass is 296 g/mol. The summed E-state index contributed by atoms with van der Waals surface area (Å²) < 4.78 is 38.3. The molecule has 4 nitrogen and oxygen atoms in total. The Morgan fingerprint density at radius 1 is 1.00 bits per heavy atom. The Labute approximate surface area is 120 Å². The Kier molecular flexibility index (Phi) is 4.02. The molecule has 2 rings (SSSR count). The second-order valence-corrected chi connectivity index (χ2v) is 4.65. The van der Waals surface area contributed by atoms with Crippen LogP contribution in [0.25, 0.3) is 0 Å². The molecule has 0 radical (unpaired) electrons. The fourth-order valence-electron chi connectivity index (χ4n) is 1.86. The van der Waals surface area contributed by atoms with Gasteiger partial charge in [0.15, 0.2) is 0 Å². The van der Waals surface area contributed by atoms with Gasteiger partial charge in [0.2, 0.25) is 5.82 Å². The van der Waals surface area contributed by atoms with E-state index < -0.39 is 12.0 Å². The number of nitrogens with one attached hydrogen (secondary N) is 2. The first-order valence-corrected chi connectivity index (χ1v) is 6.28. The third kappa shape index (κ3) is 3.62. The standard InChI is InChI=1S/C14H15F3N4/c1-8-4-5-10(9(2)6-8)19-12-7-11(18-3)20-13(21-12)14(15,16)17/h4-7H,1-3H3,(H2,18,19,20,21). The minimum absolute atomic E-state index is 0.0913. The van der Waals surface area contributed by atoms with Gasteiger partial charge in [0.25, 0.3) is 0 Å². The number of aromatic nitrogens is 2. The van der Waals surface area contributed by atoms with E-state index in [2.05, 4.69) is 20.6 Å². The zero-order valence-corrected chi connectivity index (χ0v) is 11.8. The van der Waals surface area contributed by atoms with Gasteiger partial charge in [-0.25, -0.2) is 9.97 Å². The van der Waals surface area contributed by atoms with E-state index >= 15 is 0 Å². The van der Waals surface area contributed by atoms with Crippen LogP contribution in [-0.2, 0) is 6.18 Å². The van der Waals surface area contributed by atoms with Gasteiger partial charge in [-0.05, 0) is 25.5 Å². The van der Waals surface area contributed by atoms with Crippen molar-refractivity contribution >= 4 is 17.3 Å². The Morgan fingerprint density at radius 2 is 1.67 bits per heavy atom. The average molecular weight is 296 g/mol. The van der Waals surface area contributed by atoms with Crippen LogP contribution in [0.3, 0.4) is 0 Å². The molecule has 0 fully saturated rings. The molecule has 1 aromatic carbocycles. The Balaban J connectivity index is 2.39. The first kappa shape index (κ1) is 15.1. The van der Waals surface area contributed by atoms with Gasteiger partial charge in [-0.15, -0.1) is 0 Å². The summed E-state index contributed by atoms with van der Waals surface area (Å²) in [6, 6.07) is 7.04. The van der Waals surface area contributed by atoms with Crippen molar-refractivity contribution in [2.45, 2.75) is 20.0 Å². The molecule has 2 aromatic rings. The molecule has 0 amide bonds. The van der Waals surface area contributed by atoms with E-state index in [4.69, 9.17) is 0 Å². The zero-order valence-electron chi connectivity index (χ0n) is 11.8. The van der Waals surface area contributed by atoms with Crippen molar-refractivity contribution < 1.29 is 13.2 Å². The molecule has 7 heteroatoms. The molecular formula is C14H15F3N4. The highest BCUT2D eigenvalue weighted by atomic mass is 19.4. The van der Waals surface area contributed by atoms with Crippen molar-refractivity contribution in [2.75, 3.05) is 17.7 Å². The third-order valence-electron chi connectivity index (χ3n) is 2.88. The highest BCUT2D eigenvalue weighted by Gasteiger charge is 2.35. The summed E-state index contributed by atoms with van der Waals surface area (Å²) in [5.41, 5.74) is 2.70. The van der Waals surface area contributed by atoms with Crippen LogP contribution >= 0.6 is 0 Å². The molecule has 0 unspecified atom stereocenters. The van der Waals surface area contributed by atoms with Crippen molar-refractivity contribution in [3.8, 4) is 0 Å². The van der Waals surface area contributed by atoms with Crippen molar-refractivity contribution in [3.63, 3.8) is 0 Å². The van der Waals surface area contributed by atoms with Gasteiger partial charge in [0.05, 0.1) is 0 Å². The van der Waals surface area contributed by atoms with Crippen molar-refractivity contribution in [1.29, 1.82) is 0 Å². The number of hydrogen-bond donors (Lipinski definition) is 2. The molecule has 1 aromatic heterocycles. The minimum Gasteiger partial charge on any atom is -0.373 e. The second-order valence-electron chi connectivity index (χ2n) is 4.65. The van der Waals surface area contributed by atoms with Crippen LogP contribution in [0.4, 0.5) is 30.5 Å². The number of aryl methyl sites for hydroxylation is 2. The first-order valence-electron chi connectivity index (χ1n) is 6.28. The van der Waals surface area contributed by atoms with E-state index in [1.165, 1.54) is 13.1 Å². The molecule has 0 bridgehead atoms. The molecule has 0 saturated carbocycles. The lowest BCUT2D eigenvalue weighted by atomic mass is 10.1. The summed E-state index contributed by atoms with van der Waals surface area (Å²) in [5.74, 6) is -0.986. The molecule has 0 aliphatic rings. The summed E-state index contributed by atoms with van der Waals surface area (Å²) in [6.07, 6.45) is -4.59. The number of benzene rings is 1. The first-order chi connectivity index (χ1) is 9.79. The van der Waals surface area contributed by atoms with E-state index in [1.54, 1.807) is 6.07 Å². The SMILES string of the molecule is CNc1cc(Nc2ccc(C)cc2C)nc(C(F)(F)F)n1. The maximum atomic E-state index is 12.8. The fourth-order valence-corrected chi connectivity index (χ4v) is 1.86. The highest BCUT2D eigenvalue weighted by molar-refractivity contribution is 5.63. The van der Waals surface area contributed by atoms with E-state index in [1.807, 2.05) is 26.0 Å². The lowest BCUT2D eigenvalue weighted by Crippen LogP contribution is -2.13. The van der Waals surface area contributed by atoms with Crippen LogP contribution in [0.2, 0.25) is 0 Å². The fraction of sp³-hybridized carbons (Fsp3) is 0.286. The van der Waals surface area contributed by atoms with Gasteiger partial charge in [0.1, 0.15) is 11.6 Å². The van der Waals surface area contributed by atoms with Gasteiger partial charge >= 0.3 is 6.18 Å². The third-order valence-corrected chi connectivity index (χ3v) is 2.88. The molecule has 0 spiro atoms. The summed E-state index contributed by atoms with van der Waals surface area (Å²) >= 11 is 0. The average Bonchev–Trinajstić information content (AvgIpc) is 2.40. The van der Waals surface area contributed by atoms with Crippen LogP contribution in [0, 0.1) is 13.8 Å². The highest BCUT2D eigenvalue weighted by Crippen LogP contribution is 2.29. The summed E-state index contributed by atoms with van der Waals surface area (Å²) in [7, 11) is 1.50. The lowest BCUT2D eigenvalue weighted by molar-refractivity contribution is -0.144. The topological polar surface area (TPSA) is 49.8 Å². The molecule has 0 atom stereocenters. The largest absolute Gasteiger partial charge is 0.451 e. The van der Waals surface area contributed by atoms with Crippen molar-refractivity contribution in [1.82, 2.24) is 9.97 Å². The zero-order chi connectivity index (χ0) is 15.6. The number of alkyl halides is 3. The number of nitrogens with zero attached hydrogens (tertiary/aromatic N) is 2. The van der Waals surface area contributed by atoms with E-state index in [0.717, 1.165) is 11.1 Å². The Bertz CT molecular complexity index is 653. The molecule has 0 saturated heterocycles. The molecule has 1 heterocycles. The van der Waals surface area contributed by atoms with Gasteiger partial charge in [-0.1, -0.05) is 17.7 Å². The molecule has 112 valence electrons. The summed E-state index contributed by atoms with van der Waals surface area (Å²) in [6.45, 7) is 3.82. The second kappa shape index (κ2) is 5.59. The van der Waals surface area contributed by atoms with Crippen molar-refractivity contribution in [2.24, 2.45) is 0 Å². The van der Waals surface area contributed by atoms with Gasteiger partial charge in [-0.3, -0.25) is 0 Å². The number of anilines is 3. The van der Waals surface area contributed by atoms with Crippen LogP contribution in [0.15, 0.2) is 24.3 Å². The molecule has 0 aliphatic heterocycles.